The molecule has 0 amide bonds. The summed E-state index contributed by atoms with van der Waals surface area (Å²) in [6, 6.07) is 4.90. The Labute approximate surface area is 118 Å². The van der Waals surface area contributed by atoms with Gasteiger partial charge in [-0.05, 0) is 47.6 Å². The number of nitrogens with one attached hydrogen (secondary N) is 1. The van der Waals surface area contributed by atoms with Gasteiger partial charge in [0.25, 0.3) is 0 Å². The Morgan fingerprint density at radius 3 is 2.67 bits per heavy atom. The van der Waals surface area contributed by atoms with Gasteiger partial charge in [0.2, 0.25) is 0 Å². The van der Waals surface area contributed by atoms with E-state index in [1.807, 2.05) is 13.0 Å². The molecule has 2 aromatic rings. The number of hydrogen-bond acceptors (Lipinski definition) is 2. The predicted molar refractivity (Wildman–Crippen MR) is 73.5 cm³/mol. The van der Waals surface area contributed by atoms with Crippen LogP contribution in [0.25, 0.3) is 0 Å². The van der Waals surface area contributed by atoms with Crippen LogP contribution in [0.4, 0.5) is 4.39 Å². The molecule has 0 saturated heterocycles. The molecule has 0 aliphatic rings. The van der Waals surface area contributed by atoms with Gasteiger partial charge >= 0.3 is 0 Å². The first-order valence-electron chi connectivity index (χ1n) is 5.41. The van der Waals surface area contributed by atoms with E-state index in [2.05, 4.69) is 21.2 Å². The van der Waals surface area contributed by atoms with E-state index in [0.717, 1.165) is 5.56 Å². The van der Waals surface area contributed by atoms with Crippen molar-refractivity contribution in [2.75, 3.05) is 7.05 Å². The molecule has 0 radical (unpaired) electrons. The standard InChI is InChI=1S/C13H12BrClFNO/c1-7-5-6-18-13(7)12(17-2)8-3-4-9(14)10(15)11(8)16/h3-6,12,17H,1-2H3. The summed E-state index contributed by atoms with van der Waals surface area (Å²) in [4.78, 5) is 0. The molecule has 1 aromatic carbocycles. The van der Waals surface area contributed by atoms with Gasteiger partial charge in [-0.25, -0.2) is 4.39 Å². The molecule has 2 nitrogen and oxygen atoms in total. The number of hydrogen-bond donors (Lipinski definition) is 1. The lowest BCUT2D eigenvalue weighted by Gasteiger charge is -2.17. The molecule has 0 spiro atoms. The molecule has 1 heterocycles. The third-order valence-corrected chi connectivity index (χ3v) is 4.09. The fourth-order valence-electron chi connectivity index (χ4n) is 1.87. The van der Waals surface area contributed by atoms with Crippen LogP contribution in [0.1, 0.15) is 22.9 Å². The second-order valence-electron chi connectivity index (χ2n) is 3.95. The summed E-state index contributed by atoms with van der Waals surface area (Å²) in [5.74, 6) is 0.246. The van der Waals surface area contributed by atoms with E-state index < -0.39 is 5.82 Å². The zero-order valence-electron chi connectivity index (χ0n) is 9.93. The van der Waals surface area contributed by atoms with E-state index in [0.29, 0.717) is 15.8 Å². The molecular weight excluding hydrogens is 321 g/mol. The van der Waals surface area contributed by atoms with Gasteiger partial charge in [-0.1, -0.05) is 17.7 Å². The monoisotopic (exact) mass is 331 g/mol. The lowest BCUT2D eigenvalue weighted by atomic mass is 10.0. The number of aryl methyl sites for hydroxylation is 1. The SMILES string of the molecule is CNC(c1ccc(Br)c(Cl)c1F)c1occc1C. The summed E-state index contributed by atoms with van der Waals surface area (Å²) in [6.45, 7) is 1.92. The average molecular weight is 333 g/mol. The van der Waals surface area contributed by atoms with Crippen LogP contribution in [0.2, 0.25) is 5.02 Å². The summed E-state index contributed by atoms with van der Waals surface area (Å²) < 4.78 is 20.1. The van der Waals surface area contributed by atoms with Crippen molar-refractivity contribution in [2.45, 2.75) is 13.0 Å². The zero-order chi connectivity index (χ0) is 13.3. The third-order valence-electron chi connectivity index (χ3n) is 2.83. The maximum Gasteiger partial charge on any atom is 0.148 e. The van der Waals surface area contributed by atoms with Crippen LogP contribution in [-0.2, 0) is 0 Å². The second kappa shape index (κ2) is 5.43. The molecule has 5 heteroatoms. The lowest BCUT2D eigenvalue weighted by Crippen LogP contribution is -2.19. The number of rotatable bonds is 3. The molecule has 1 aromatic heterocycles. The summed E-state index contributed by atoms with van der Waals surface area (Å²) in [5, 5.41) is 3.12. The van der Waals surface area contributed by atoms with Gasteiger partial charge in [0.05, 0.1) is 17.3 Å². The number of furan rings is 1. The first kappa shape index (κ1) is 13.6. The highest BCUT2D eigenvalue weighted by atomic mass is 79.9. The molecule has 0 aliphatic carbocycles. The lowest BCUT2D eigenvalue weighted by molar-refractivity contribution is 0.450. The molecule has 0 bridgehead atoms. The van der Waals surface area contributed by atoms with Crippen LogP contribution in [0.5, 0.6) is 0 Å². The molecule has 18 heavy (non-hydrogen) atoms. The van der Waals surface area contributed by atoms with Gasteiger partial charge in [0.15, 0.2) is 0 Å². The predicted octanol–water partition coefficient (Wildman–Crippen LogP) is 4.45. The highest BCUT2D eigenvalue weighted by Gasteiger charge is 2.23. The zero-order valence-corrected chi connectivity index (χ0v) is 12.3. The van der Waals surface area contributed by atoms with Crippen LogP contribution in [-0.4, -0.2) is 7.05 Å². The molecule has 1 N–H and O–H groups in total. The first-order valence-corrected chi connectivity index (χ1v) is 6.58. The first-order chi connectivity index (χ1) is 8.56. The minimum absolute atomic E-state index is 0.0805. The summed E-state index contributed by atoms with van der Waals surface area (Å²) >= 11 is 9.10. The van der Waals surface area contributed by atoms with Crippen LogP contribution in [0.3, 0.4) is 0 Å². The quantitative estimate of drug-likeness (QED) is 0.840. The molecule has 1 atom stereocenters. The molecule has 96 valence electrons. The van der Waals surface area contributed by atoms with Crippen LogP contribution in [0.15, 0.2) is 33.4 Å². The number of benzene rings is 1. The maximum atomic E-state index is 14.2. The topological polar surface area (TPSA) is 25.2 Å². The highest BCUT2D eigenvalue weighted by molar-refractivity contribution is 9.10. The Morgan fingerprint density at radius 2 is 2.11 bits per heavy atom. The van der Waals surface area contributed by atoms with Gasteiger partial charge in [0.1, 0.15) is 11.6 Å². The van der Waals surface area contributed by atoms with Gasteiger partial charge in [-0.2, -0.15) is 0 Å². The average Bonchev–Trinajstić information content (AvgIpc) is 2.77. The van der Waals surface area contributed by atoms with Crippen LogP contribution >= 0.6 is 27.5 Å². The normalized spacial score (nSPS) is 12.7. The fourth-order valence-corrected chi connectivity index (χ4v) is 2.35. The summed E-state index contributed by atoms with van der Waals surface area (Å²) in [5.41, 5.74) is 1.43. The Hall–Kier alpha value is -0.840. The van der Waals surface area contributed by atoms with Crippen molar-refractivity contribution in [3.8, 4) is 0 Å². The molecule has 2 rings (SSSR count). The van der Waals surface area contributed by atoms with Crippen molar-refractivity contribution in [1.29, 1.82) is 0 Å². The number of halogens is 3. The summed E-state index contributed by atoms with van der Waals surface area (Å²) in [6.07, 6.45) is 1.59. The van der Waals surface area contributed by atoms with Crippen LogP contribution < -0.4 is 5.32 Å². The van der Waals surface area contributed by atoms with E-state index >= 15 is 0 Å². The van der Waals surface area contributed by atoms with Crippen LogP contribution in [0, 0.1) is 12.7 Å². The van der Waals surface area contributed by atoms with E-state index in [9.17, 15) is 4.39 Å². The van der Waals surface area contributed by atoms with Gasteiger partial charge in [-0.15, -0.1) is 0 Å². The molecule has 1 unspecified atom stereocenters. The van der Waals surface area contributed by atoms with E-state index in [1.165, 1.54) is 0 Å². The van der Waals surface area contributed by atoms with Crippen molar-refractivity contribution in [3.05, 3.63) is 56.7 Å². The van der Waals surface area contributed by atoms with E-state index in [1.54, 1.807) is 25.4 Å². The molecular formula is C13H12BrClFNO. The minimum Gasteiger partial charge on any atom is -0.467 e. The minimum atomic E-state index is -0.443. The van der Waals surface area contributed by atoms with Crippen molar-refractivity contribution < 1.29 is 8.81 Å². The third kappa shape index (κ3) is 2.32. The molecule has 0 saturated carbocycles. The van der Waals surface area contributed by atoms with Crippen molar-refractivity contribution in [3.63, 3.8) is 0 Å². The van der Waals surface area contributed by atoms with E-state index in [4.69, 9.17) is 16.0 Å². The smallest absolute Gasteiger partial charge is 0.148 e. The van der Waals surface area contributed by atoms with Crippen molar-refractivity contribution >= 4 is 27.5 Å². The summed E-state index contributed by atoms with van der Waals surface area (Å²) in [7, 11) is 1.75. The molecule has 0 fully saturated rings. The van der Waals surface area contributed by atoms with Gasteiger partial charge in [0, 0.05) is 10.0 Å². The Morgan fingerprint density at radius 1 is 1.39 bits per heavy atom. The largest absolute Gasteiger partial charge is 0.467 e. The van der Waals surface area contributed by atoms with Gasteiger partial charge in [-0.3, -0.25) is 0 Å². The maximum absolute atomic E-state index is 14.2. The highest BCUT2D eigenvalue weighted by Crippen LogP contribution is 2.33. The Bertz CT molecular complexity index is 570. The van der Waals surface area contributed by atoms with E-state index in [-0.39, 0.29) is 11.1 Å². The van der Waals surface area contributed by atoms with Crippen molar-refractivity contribution in [1.82, 2.24) is 5.32 Å². The van der Waals surface area contributed by atoms with Crippen molar-refractivity contribution in [2.24, 2.45) is 0 Å². The Kier molecular flexibility index (Phi) is 4.10. The fraction of sp³-hybridized carbons (Fsp3) is 0.231. The second-order valence-corrected chi connectivity index (χ2v) is 5.19. The Balaban J connectivity index is 2.53. The molecule has 0 aliphatic heterocycles. The van der Waals surface area contributed by atoms with Gasteiger partial charge < -0.3 is 9.73 Å².